The molecule has 25 heavy (non-hydrogen) atoms. The molecule has 1 N–H and O–H groups in total. The summed E-state index contributed by atoms with van der Waals surface area (Å²) in [5.74, 6) is -0.257. The molecule has 5 heteroatoms. The lowest BCUT2D eigenvalue weighted by molar-refractivity contribution is -0.142. The number of nitrogens with one attached hydrogen (secondary N) is 1. The summed E-state index contributed by atoms with van der Waals surface area (Å²) in [5, 5.41) is 2.63. The quantitative estimate of drug-likeness (QED) is 0.647. The van der Waals surface area contributed by atoms with Crippen LogP contribution in [0.3, 0.4) is 0 Å². The Morgan fingerprint density at radius 1 is 1.00 bits per heavy atom. The summed E-state index contributed by atoms with van der Waals surface area (Å²) in [7, 11) is 1.58. The monoisotopic (exact) mass is 339 g/mol. The van der Waals surface area contributed by atoms with Crippen molar-refractivity contribution in [3.05, 3.63) is 71.4 Å². The van der Waals surface area contributed by atoms with Gasteiger partial charge in [-0.15, -0.1) is 0 Å². The van der Waals surface area contributed by atoms with Gasteiger partial charge >= 0.3 is 5.97 Å². The lowest BCUT2D eigenvalue weighted by Gasteiger charge is -2.12. The molecular weight excluding hydrogens is 318 g/mol. The van der Waals surface area contributed by atoms with Gasteiger partial charge in [-0.05, 0) is 49.8 Å². The number of methoxy groups -OCH3 is 1. The predicted molar refractivity (Wildman–Crippen MR) is 96.1 cm³/mol. The standard InChI is InChI=1S/C20H21NO4/c1-14(2)25-20(23)18(13-15-9-11-17(24-3)12-10-15)21-19(22)16-7-5-4-6-8-16/h4-14H,1-3H3,(H,21,22). The topological polar surface area (TPSA) is 64.6 Å². The van der Waals surface area contributed by atoms with Crippen LogP contribution in [-0.4, -0.2) is 25.1 Å². The second kappa shape index (κ2) is 8.68. The van der Waals surface area contributed by atoms with Crippen molar-refractivity contribution in [2.24, 2.45) is 0 Å². The summed E-state index contributed by atoms with van der Waals surface area (Å²) in [6.45, 7) is 3.50. The van der Waals surface area contributed by atoms with Crippen molar-refractivity contribution in [2.75, 3.05) is 7.11 Å². The number of esters is 1. The molecule has 0 aliphatic carbocycles. The SMILES string of the molecule is COc1ccc(C=C(NC(=O)c2ccccc2)C(=O)OC(C)C)cc1. The Morgan fingerprint density at radius 2 is 1.64 bits per heavy atom. The smallest absolute Gasteiger partial charge is 0.355 e. The van der Waals surface area contributed by atoms with Gasteiger partial charge in [0, 0.05) is 5.56 Å². The number of amides is 1. The van der Waals surface area contributed by atoms with Crippen LogP contribution >= 0.6 is 0 Å². The van der Waals surface area contributed by atoms with E-state index in [9.17, 15) is 9.59 Å². The minimum atomic E-state index is -0.588. The first-order chi connectivity index (χ1) is 12.0. The fourth-order valence-corrected chi connectivity index (χ4v) is 2.07. The first kappa shape index (κ1) is 18.3. The van der Waals surface area contributed by atoms with Gasteiger partial charge in [-0.2, -0.15) is 0 Å². The number of carbonyl (C=O) groups excluding carboxylic acids is 2. The highest BCUT2D eigenvalue weighted by Crippen LogP contribution is 2.14. The van der Waals surface area contributed by atoms with Gasteiger partial charge in [-0.3, -0.25) is 4.79 Å². The van der Waals surface area contributed by atoms with Crippen molar-refractivity contribution >= 4 is 18.0 Å². The highest BCUT2D eigenvalue weighted by Gasteiger charge is 2.17. The van der Waals surface area contributed by atoms with Gasteiger partial charge in [-0.1, -0.05) is 30.3 Å². The summed E-state index contributed by atoms with van der Waals surface area (Å²) in [4.78, 5) is 24.7. The van der Waals surface area contributed by atoms with E-state index in [4.69, 9.17) is 9.47 Å². The van der Waals surface area contributed by atoms with Crippen LogP contribution in [0, 0.1) is 0 Å². The molecular formula is C20H21NO4. The van der Waals surface area contributed by atoms with Gasteiger partial charge in [0.2, 0.25) is 0 Å². The highest BCUT2D eigenvalue weighted by atomic mass is 16.5. The molecule has 0 aliphatic heterocycles. The zero-order chi connectivity index (χ0) is 18.2. The van der Waals surface area contributed by atoms with Crippen LogP contribution in [0.25, 0.3) is 6.08 Å². The number of hydrogen-bond acceptors (Lipinski definition) is 4. The summed E-state index contributed by atoms with van der Waals surface area (Å²) in [6, 6.07) is 15.8. The molecule has 0 aliphatic rings. The van der Waals surface area contributed by atoms with E-state index in [1.165, 1.54) is 0 Å². The molecule has 2 rings (SSSR count). The van der Waals surface area contributed by atoms with Gasteiger partial charge in [0.1, 0.15) is 11.4 Å². The summed E-state index contributed by atoms with van der Waals surface area (Å²) in [5.41, 5.74) is 1.28. The maximum Gasteiger partial charge on any atom is 0.355 e. The molecule has 130 valence electrons. The van der Waals surface area contributed by atoms with E-state index in [0.717, 1.165) is 5.56 Å². The number of ether oxygens (including phenoxy) is 2. The van der Waals surface area contributed by atoms with Crippen LogP contribution in [0.1, 0.15) is 29.8 Å². The Morgan fingerprint density at radius 3 is 2.20 bits per heavy atom. The molecule has 2 aromatic rings. The van der Waals surface area contributed by atoms with Crippen molar-refractivity contribution in [1.82, 2.24) is 5.32 Å². The van der Waals surface area contributed by atoms with Crippen molar-refractivity contribution in [1.29, 1.82) is 0 Å². The van der Waals surface area contributed by atoms with Crippen LogP contribution in [-0.2, 0) is 9.53 Å². The lowest BCUT2D eigenvalue weighted by atomic mass is 10.1. The Labute approximate surface area is 147 Å². The molecule has 1 amide bonds. The predicted octanol–water partition coefficient (Wildman–Crippen LogP) is 3.42. The van der Waals surface area contributed by atoms with Crippen LogP contribution in [0.15, 0.2) is 60.3 Å². The summed E-state index contributed by atoms with van der Waals surface area (Å²) >= 11 is 0. The lowest BCUT2D eigenvalue weighted by Crippen LogP contribution is -2.29. The van der Waals surface area contributed by atoms with E-state index in [1.54, 1.807) is 75.6 Å². The maximum atomic E-state index is 12.4. The van der Waals surface area contributed by atoms with Gasteiger partial charge in [0.25, 0.3) is 5.91 Å². The molecule has 0 atom stereocenters. The van der Waals surface area contributed by atoms with E-state index in [-0.39, 0.29) is 17.7 Å². The van der Waals surface area contributed by atoms with E-state index in [1.807, 2.05) is 6.07 Å². The Bertz CT molecular complexity index is 749. The second-order valence-corrected chi connectivity index (χ2v) is 5.61. The molecule has 0 aromatic heterocycles. The first-order valence-corrected chi connectivity index (χ1v) is 7.92. The van der Waals surface area contributed by atoms with E-state index < -0.39 is 5.97 Å². The van der Waals surface area contributed by atoms with Crippen molar-refractivity contribution in [3.8, 4) is 5.75 Å². The highest BCUT2D eigenvalue weighted by molar-refractivity contribution is 6.03. The number of hydrogen-bond donors (Lipinski definition) is 1. The normalized spacial score (nSPS) is 11.1. The molecule has 0 heterocycles. The van der Waals surface area contributed by atoms with Crippen molar-refractivity contribution < 1.29 is 19.1 Å². The van der Waals surface area contributed by atoms with Gasteiger partial charge in [0.15, 0.2) is 0 Å². The third-order valence-corrected chi connectivity index (χ3v) is 3.27. The van der Waals surface area contributed by atoms with Crippen LogP contribution in [0.5, 0.6) is 5.75 Å². The largest absolute Gasteiger partial charge is 0.497 e. The molecule has 0 saturated carbocycles. The van der Waals surface area contributed by atoms with Crippen molar-refractivity contribution in [2.45, 2.75) is 20.0 Å². The summed E-state index contributed by atoms with van der Waals surface area (Å²) in [6.07, 6.45) is 1.28. The third kappa shape index (κ3) is 5.49. The number of rotatable bonds is 6. The van der Waals surface area contributed by atoms with E-state index >= 15 is 0 Å². The number of carbonyl (C=O) groups is 2. The molecule has 0 unspecified atom stereocenters. The minimum Gasteiger partial charge on any atom is -0.497 e. The summed E-state index contributed by atoms with van der Waals surface area (Å²) < 4.78 is 10.3. The van der Waals surface area contributed by atoms with Gasteiger partial charge in [0.05, 0.1) is 13.2 Å². The third-order valence-electron chi connectivity index (χ3n) is 3.27. The Balaban J connectivity index is 2.27. The Kier molecular flexibility index (Phi) is 6.34. The average molecular weight is 339 g/mol. The van der Waals surface area contributed by atoms with Crippen LogP contribution in [0.4, 0.5) is 0 Å². The minimum absolute atomic E-state index is 0.0766. The fourth-order valence-electron chi connectivity index (χ4n) is 2.07. The Hall–Kier alpha value is -3.08. The van der Waals surface area contributed by atoms with E-state index in [0.29, 0.717) is 11.3 Å². The molecule has 0 spiro atoms. The first-order valence-electron chi connectivity index (χ1n) is 7.92. The average Bonchev–Trinajstić information content (AvgIpc) is 2.62. The van der Waals surface area contributed by atoms with Gasteiger partial charge in [-0.25, -0.2) is 4.79 Å². The number of benzene rings is 2. The zero-order valence-corrected chi connectivity index (χ0v) is 14.5. The second-order valence-electron chi connectivity index (χ2n) is 5.61. The molecule has 2 aromatic carbocycles. The van der Waals surface area contributed by atoms with Crippen LogP contribution in [0.2, 0.25) is 0 Å². The van der Waals surface area contributed by atoms with E-state index in [2.05, 4.69) is 5.32 Å². The molecule has 0 saturated heterocycles. The van der Waals surface area contributed by atoms with Crippen molar-refractivity contribution in [3.63, 3.8) is 0 Å². The molecule has 5 nitrogen and oxygen atoms in total. The fraction of sp³-hybridized carbons (Fsp3) is 0.200. The van der Waals surface area contributed by atoms with Gasteiger partial charge < -0.3 is 14.8 Å². The molecule has 0 radical (unpaired) electrons. The van der Waals surface area contributed by atoms with Crippen LogP contribution < -0.4 is 10.1 Å². The zero-order valence-electron chi connectivity index (χ0n) is 14.5. The maximum absolute atomic E-state index is 12.4. The molecule has 0 bridgehead atoms. The molecule has 0 fully saturated rings.